The average Bonchev–Trinajstić information content (AvgIpc) is 2.37. The molecule has 21 heavy (non-hydrogen) atoms. The van der Waals surface area contributed by atoms with Gasteiger partial charge < -0.3 is 5.11 Å². The van der Waals surface area contributed by atoms with Crippen LogP contribution in [0.4, 0.5) is 0 Å². The Balaban J connectivity index is 2.87. The van der Waals surface area contributed by atoms with E-state index in [-0.39, 0.29) is 0 Å². The second kappa shape index (κ2) is 8.38. The first-order valence-electron chi connectivity index (χ1n) is 8.17. The standard InChI is InChI=1S/C20H32O/c1-16(2)19-12-11-18(4)9-6-8-17(3)10-7-14-20(5,21)15-13-19/h7-8,11,14,19,21H,1,6,9-10,12-13,15H2,2-5H3/b14-7+,17-8+,18-11+/t19-,20-/m0/s1. The average molecular weight is 288 g/mol. The van der Waals surface area contributed by atoms with Crippen LogP contribution in [0.25, 0.3) is 0 Å². The quantitative estimate of drug-likeness (QED) is 0.611. The highest BCUT2D eigenvalue weighted by molar-refractivity contribution is 5.11. The third-order valence-electron chi connectivity index (χ3n) is 4.39. The van der Waals surface area contributed by atoms with E-state index in [2.05, 4.69) is 45.6 Å². The van der Waals surface area contributed by atoms with Crippen molar-refractivity contribution in [1.29, 1.82) is 0 Å². The van der Waals surface area contributed by atoms with E-state index in [0.29, 0.717) is 5.92 Å². The Morgan fingerprint density at radius 2 is 2.00 bits per heavy atom. The molecular formula is C20H32O. The van der Waals surface area contributed by atoms with E-state index in [1.165, 1.54) is 16.7 Å². The van der Waals surface area contributed by atoms with Crippen LogP contribution < -0.4 is 0 Å². The maximum Gasteiger partial charge on any atom is 0.0800 e. The highest BCUT2D eigenvalue weighted by atomic mass is 16.3. The largest absolute Gasteiger partial charge is 0.386 e. The molecule has 1 aliphatic carbocycles. The summed E-state index contributed by atoms with van der Waals surface area (Å²) < 4.78 is 0. The van der Waals surface area contributed by atoms with Gasteiger partial charge in [-0.05, 0) is 72.1 Å². The Labute approximate surface area is 131 Å². The Morgan fingerprint density at radius 3 is 2.67 bits per heavy atom. The van der Waals surface area contributed by atoms with Gasteiger partial charge >= 0.3 is 0 Å². The number of allylic oxidation sites excluding steroid dienone is 6. The Morgan fingerprint density at radius 1 is 1.29 bits per heavy atom. The zero-order valence-electron chi connectivity index (χ0n) is 14.3. The molecule has 1 heteroatoms. The van der Waals surface area contributed by atoms with Crippen molar-refractivity contribution in [1.82, 2.24) is 0 Å². The lowest BCUT2D eigenvalue weighted by atomic mass is 9.86. The van der Waals surface area contributed by atoms with Crippen LogP contribution in [0.2, 0.25) is 0 Å². The van der Waals surface area contributed by atoms with Crippen molar-refractivity contribution in [3.05, 3.63) is 47.6 Å². The van der Waals surface area contributed by atoms with Gasteiger partial charge in [0.1, 0.15) is 0 Å². The minimum atomic E-state index is -0.711. The predicted molar refractivity (Wildman–Crippen MR) is 93.3 cm³/mol. The molecule has 0 fully saturated rings. The lowest BCUT2D eigenvalue weighted by molar-refractivity contribution is 0.0950. The van der Waals surface area contributed by atoms with Gasteiger partial charge in [0.25, 0.3) is 0 Å². The molecule has 0 radical (unpaired) electrons. The molecule has 0 amide bonds. The minimum Gasteiger partial charge on any atom is -0.386 e. The number of hydrogen-bond donors (Lipinski definition) is 1. The van der Waals surface area contributed by atoms with Crippen molar-refractivity contribution < 1.29 is 5.11 Å². The summed E-state index contributed by atoms with van der Waals surface area (Å²) in [6.45, 7) is 12.5. The summed E-state index contributed by atoms with van der Waals surface area (Å²) in [6, 6.07) is 0. The van der Waals surface area contributed by atoms with Gasteiger partial charge in [0.2, 0.25) is 0 Å². The zero-order chi connectivity index (χ0) is 15.9. The third-order valence-corrected chi connectivity index (χ3v) is 4.39. The lowest BCUT2D eigenvalue weighted by Gasteiger charge is -2.23. The minimum absolute atomic E-state index is 0.472. The summed E-state index contributed by atoms with van der Waals surface area (Å²) >= 11 is 0. The van der Waals surface area contributed by atoms with Crippen molar-refractivity contribution in [2.75, 3.05) is 0 Å². The van der Waals surface area contributed by atoms with E-state index in [1.807, 2.05) is 13.0 Å². The van der Waals surface area contributed by atoms with E-state index >= 15 is 0 Å². The second-order valence-corrected chi connectivity index (χ2v) is 6.92. The molecule has 1 nitrogen and oxygen atoms in total. The summed E-state index contributed by atoms with van der Waals surface area (Å²) in [4.78, 5) is 0. The molecule has 2 atom stereocenters. The molecule has 0 saturated heterocycles. The fourth-order valence-corrected chi connectivity index (χ4v) is 2.69. The van der Waals surface area contributed by atoms with E-state index in [0.717, 1.165) is 38.5 Å². The monoisotopic (exact) mass is 288 g/mol. The summed E-state index contributed by atoms with van der Waals surface area (Å²) in [7, 11) is 0. The van der Waals surface area contributed by atoms with Crippen molar-refractivity contribution in [3.8, 4) is 0 Å². The van der Waals surface area contributed by atoms with Crippen LogP contribution in [0.3, 0.4) is 0 Å². The van der Waals surface area contributed by atoms with Crippen LogP contribution >= 0.6 is 0 Å². The molecule has 0 aliphatic heterocycles. The van der Waals surface area contributed by atoms with Gasteiger partial charge in [-0.3, -0.25) is 0 Å². The van der Waals surface area contributed by atoms with Gasteiger partial charge in [0, 0.05) is 0 Å². The van der Waals surface area contributed by atoms with Gasteiger partial charge in [-0.2, -0.15) is 0 Å². The molecule has 0 saturated carbocycles. The SMILES string of the molecule is C=C(C)[C@H]1C/C=C(\C)CC/C=C(\C)C/C=C/[C@](C)(O)CC1. The molecule has 0 heterocycles. The van der Waals surface area contributed by atoms with E-state index in [9.17, 15) is 5.11 Å². The van der Waals surface area contributed by atoms with Crippen LogP contribution in [0.5, 0.6) is 0 Å². The molecule has 1 rings (SSSR count). The first-order valence-corrected chi connectivity index (χ1v) is 8.17. The van der Waals surface area contributed by atoms with Gasteiger partial charge in [-0.15, -0.1) is 0 Å². The normalized spacial score (nSPS) is 35.8. The second-order valence-electron chi connectivity index (χ2n) is 6.92. The van der Waals surface area contributed by atoms with Crippen molar-refractivity contribution in [3.63, 3.8) is 0 Å². The molecule has 1 N–H and O–H groups in total. The van der Waals surface area contributed by atoms with Gasteiger partial charge in [-0.1, -0.05) is 47.6 Å². The molecular weight excluding hydrogens is 256 g/mol. The maximum atomic E-state index is 10.5. The van der Waals surface area contributed by atoms with Crippen LogP contribution in [0.1, 0.15) is 66.2 Å². The Bertz CT molecular complexity index is 435. The summed E-state index contributed by atoms with van der Waals surface area (Å²) in [5.74, 6) is 0.472. The summed E-state index contributed by atoms with van der Waals surface area (Å²) in [5.41, 5.74) is 3.36. The van der Waals surface area contributed by atoms with Crippen LogP contribution in [-0.4, -0.2) is 10.7 Å². The zero-order valence-corrected chi connectivity index (χ0v) is 14.3. The highest BCUT2D eigenvalue weighted by Crippen LogP contribution is 2.26. The van der Waals surface area contributed by atoms with Crippen molar-refractivity contribution in [2.24, 2.45) is 5.92 Å². The molecule has 118 valence electrons. The fraction of sp³-hybridized carbons (Fsp3) is 0.600. The molecule has 0 unspecified atom stereocenters. The lowest BCUT2D eigenvalue weighted by Crippen LogP contribution is -2.22. The smallest absolute Gasteiger partial charge is 0.0800 e. The number of hydrogen-bond acceptors (Lipinski definition) is 1. The molecule has 1 aliphatic rings. The van der Waals surface area contributed by atoms with Gasteiger partial charge in [0.15, 0.2) is 0 Å². The molecule has 0 spiro atoms. The summed E-state index contributed by atoms with van der Waals surface area (Å²) in [6.07, 6.45) is 14.8. The van der Waals surface area contributed by atoms with Crippen LogP contribution in [-0.2, 0) is 0 Å². The number of rotatable bonds is 1. The maximum absolute atomic E-state index is 10.5. The molecule has 0 aromatic rings. The first kappa shape index (κ1) is 18.0. The van der Waals surface area contributed by atoms with Crippen molar-refractivity contribution >= 4 is 0 Å². The Kier molecular flexibility index (Phi) is 7.17. The predicted octanol–water partition coefficient (Wildman–Crippen LogP) is 5.73. The van der Waals surface area contributed by atoms with Gasteiger partial charge in [-0.25, -0.2) is 0 Å². The van der Waals surface area contributed by atoms with Crippen molar-refractivity contribution in [2.45, 2.75) is 71.8 Å². The third kappa shape index (κ3) is 7.47. The van der Waals surface area contributed by atoms with Crippen LogP contribution in [0.15, 0.2) is 47.6 Å². The highest BCUT2D eigenvalue weighted by Gasteiger charge is 2.19. The molecule has 0 aromatic carbocycles. The first-order chi connectivity index (χ1) is 9.80. The topological polar surface area (TPSA) is 20.2 Å². The fourth-order valence-electron chi connectivity index (χ4n) is 2.69. The molecule has 0 bridgehead atoms. The Hall–Kier alpha value is -1.08. The number of aliphatic hydroxyl groups is 1. The van der Waals surface area contributed by atoms with E-state index < -0.39 is 5.60 Å². The van der Waals surface area contributed by atoms with Crippen LogP contribution in [0, 0.1) is 5.92 Å². The van der Waals surface area contributed by atoms with E-state index in [1.54, 1.807) is 0 Å². The van der Waals surface area contributed by atoms with Gasteiger partial charge in [0.05, 0.1) is 5.60 Å². The molecule has 0 aromatic heterocycles. The van der Waals surface area contributed by atoms with E-state index in [4.69, 9.17) is 0 Å². The summed E-state index contributed by atoms with van der Waals surface area (Å²) in [5, 5.41) is 10.5.